The number of carbonyl (C=O) groups excluding carboxylic acids is 1. The third-order valence-corrected chi connectivity index (χ3v) is 7.94. The van der Waals surface area contributed by atoms with Gasteiger partial charge in [-0.3, -0.25) is 9.59 Å². The van der Waals surface area contributed by atoms with Crippen molar-refractivity contribution >= 4 is 50.6 Å². The van der Waals surface area contributed by atoms with Crippen molar-refractivity contribution in [3.63, 3.8) is 0 Å². The number of hydrogen-bond donors (Lipinski definition) is 1. The molecule has 0 spiro atoms. The van der Waals surface area contributed by atoms with E-state index in [0.29, 0.717) is 29.8 Å². The first-order valence-electron chi connectivity index (χ1n) is 9.29. The first-order chi connectivity index (χ1) is 13.5. The van der Waals surface area contributed by atoms with Crippen LogP contribution in [0.4, 0.5) is 0 Å². The van der Waals surface area contributed by atoms with Crippen molar-refractivity contribution in [3.8, 4) is 0 Å². The molecule has 1 aliphatic rings. The summed E-state index contributed by atoms with van der Waals surface area (Å²) in [6.45, 7) is 4.42. The first kappa shape index (κ1) is 19.6. The molecule has 148 valence electrons. The number of esters is 1. The number of nitrogens with zero attached hydrogens (tertiary/aromatic N) is 2. The summed E-state index contributed by atoms with van der Waals surface area (Å²) >= 11 is 4.66. The van der Waals surface area contributed by atoms with Crippen LogP contribution >= 0.6 is 34.4 Å². The number of thioether (sulfide) groups is 1. The molecule has 0 bridgehead atoms. The van der Waals surface area contributed by atoms with Gasteiger partial charge in [0, 0.05) is 10.3 Å². The molecule has 3 heterocycles. The van der Waals surface area contributed by atoms with Gasteiger partial charge in [-0.15, -0.1) is 22.7 Å². The van der Waals surface area contributed by atoms with E-state index in [0.717, 1.165) is 33.8 Å². The molecule has 3 aromatic rings. The molecule has 9 heteroatoms. The second-order valence-corrected chi connectivity index (χ2v) is 10.1. The fraction of sp³-hybridized carbons (Fsp3) is 0.474. The molecular formula is C19H21N3O3S3. The van der Waals surface area contributed by atoms with Gasteiger partial charge in [-0.05, 0) is 37.7 Å². The Morgan fingerprint density at radius 2 is 2.29 bits per heavy atom. The lowest BCUT2D eigenvalue weighted by atomic mass is 9.89. The van der Waals surface area contributed by atoms with E-state index < -0.39 is 0 Å². The van der Waals surface area contributed by atoms with Crippen LogP contribution in [0.2, 0.25) is 0 Å². The molecule has 1 unspecified atom stereocenters. The lowest BCUT2D eigenvalue weighted by Crippen LogP contribution is -2.14. The van der Waals surface area contributed by atoms with Gasteiger partial charge >= 0.3 is 5.97 Å². The van der Waals surface area contributed by atoms with Crippen LogP contribution in [0.15, 0.2) is 14.5 Å². The number of aryl methyl sites for hydroxylation is 1. The zero-order valence-corrected chi connectivity index (χ0v) is 18.2. The van der Waals surface area contributed by atoms with E-state index in [9.17, 15) is 9.59 Å². The van der Waals surface area contributed by atoms with Crippen molar-refractivity contribution in [2.75, 3.05) is 6.61 Å². The predicted octanol–water partition coefficient (Wildman–Crippen LogP) is 3.96. The number of aromatic amines is 1. The zero-order chi connectivity index (χ0) is 19.7. The maximum Gasteiger partial charge on any atom is 0.311 e. The van der Waals surface area contributed by atoms with E-state index in [1.807, 2.05) is 5.38 Å². The number of ether oxygens (including phenoxy) is 1. The number of fused-ring (bicyclic) bond motifs is 3. The van der Waals surface area contributed by atoms with Crippen molar-refractivity contribution in [2.24, 2.45) is 5.92 Å². The van der Waals surface area contributed by atoms with Gasteiger partial charge in [-0.2, -0.15) is 0 Å². The fourth-order valence-corrected chi connectivity index (χ4v) is 6.50. The molecule has 0 fully saturated rings. The fourth-order valence-electron chi connectivity index (χ4n) is 3.39. The number of thiazole rings is 1. The molecule has 1 atom stereocenters. The Hall–Kier alpha value is -1.71. The number of nitrogens with one attached hydrogen (secondary N) is 1. The lowest BCUT2D eigenvalue weighted by Gasteiger charge is -2.17. The SMILES string of the molecule is CCOC(=O)Cc1csc(SCc2nc3sc4c(c3c(=O)[nH]2)CCC(C)C4)n1. The molecular weight excluding hydrogens is 414 g/mol. The number of H-pyrrole nitrogens is 1. The summed E-state index contributed by atoms with van der Waals surface area (Å²) in [6, 6.07) is 0. The van der Waals surface area contributed by atoms with Crippen LogP contribution in [-0.2, 0) is 34.5 Å². The van der Waals surface area contributed by atoms with Crippen molar-refractivity contribution in [1.82, 2.24) is 15.0 Å². The molecule has 0 saturated heterocycles. The second kappa shape index (κ2) is 8.34. The summed E-state index contributed by atoms with van der Waals surface area (Å²) in [4.78, 5) is 38.5. The number of carbonyl (C=O) groups is 1. The molecule has 4 rings (SSSR count). The number of hydrogen-bond acceptors (Lipinski definition) is 8. The standard InChI is InChI=1S/C19H21N3O3S3/c1-3-25-15(23)7-11-8-26-19(20-11)27-9-14-21-17(24)16-12-5-4-10(2)6-13(12)28-18(16)22-14/h8,10H,3-7,9H2,1-2H3,(H,21,22,24). The number of aromatic nitrogens is 3. The Morgan fingerprint density at radius 3 is 3.11 bits per heavy atom. The zero-order valence-electron chi connectivity index (χ0n) is 15.7. The summed E-state index contributed by atoms with van der Waals surface area (Å²) in [6.07, 6.45) is 3.33. The average Bonchev–Trinajstić information content (AvgIpc) is 3.23. The molecule has 6 nitrogen and oxygen atoms in total. The molecule has 0 aromatic carbocycles. The third-order valence-electron chi connectivity index (χ3n) is 4.71. The molecule has 0 saturated carbocycles. The number of thiophene rings is 1. The summed E-state index contributed by atoms with van der Waals surface area (Å²) in [7, 11) is 0. The summed E-state index contributed by atoms with van der Waals surface area (Å²) in [5.74, 6) is 1.60. The van der Waals surface area contributed by atoms with Gasteiger partial charge in [0.2, 0.25) is 0 Å². The topological polar surface area (TPSA) is 84.9 Å². The average molecular weight is 436 g/mol. The molecule has 0 amide bonds. The normalized spacial score (nSPS) is 16.3. The molecule has 1 N–H and O–H groups in total. The van der Waals surface area contributed by atoms with E-state index in [1.54, 1.807) is 18.3 Å². The highest BCUT2D eigenvalue weighted by atomic mass is 32.2. The van der Waals surface area contributed by atoms with Crippen LogP contribution < -0.4 is 5.56 Å². The molecule has 1 aliphatic carbocycles. The highest BCUT2D eigenvalue weighted by molar-refractivity contribution is 8.00. The van der Waals surface area contributed by atoms with Crippen LogP contribution in [-0.4, -0.2) is 27.5 Å². The van der Waals surface area contributed by atoms with Crippen molar-refractivity contribution < 1.29 is 9.53 Å². The van der Waals surface area contributed by atoms with Crippen LogP contribution in [0.3, 0.4) is 0 Å². The van der Waals surface area contributed by atoms with Gasteiger partial charge in [0.1, 0.15) is 10.7 Å². The van der Waals surface area contributed by atoms with Gasteiger partial charge in [-0.25, -0.2) is 9.97 Å². The van der Waals surface area contributed by atoms with E-state index in [-0.39, 0.29) is 17.9 Å². The summed E-state index contributed by atoms with van der Waals surface area (Å²) in [5.41, 5.74) is 1.88. The Labute approximate surface area is 174 Å². The van der Waals surface area contributed by atoms with Crippen molar-refractivity contribution in [3.05, 3.63) is 37.7 Å². The Morgan fingerprint density at radius 1 is 1.43 bits per heavy atom. The first-order valence-corrected chi connectivity index (χ1v) is 12.0. The van der Waals surface area contributed by atoms with E-state index >= 15 is 0 Å². The van der Waals surface area contributed by atoms with Crippen LogP contribution in [0.25, 0.3) is 10.2 Å². The largest absolute Gasteiger partial charge is 0.466 e. The Balaban J connectivity index is 1.48. The van der Waals surface area contributed by atoms with Crippen LogP contribution in [0.5, 0.6) is 0 Å². The van der Waals surface area contributed by atoms with E-state index in [4.69, 9.17) is 9.72 Å². The minimum atomic E-state index is -0.267. The van der Waals surface area contributed by atoms with E-state index in [1.165, 1.54) is 33.5 Å². The Bertz CT molecular complexity index is 1070. The van der Waals surface area contributed by atoms with Crippen LogP contribution in [0, 0.1) is 5.92 Å². The molecule has 0 radical (unpaired) electrons. The van der Waals surface area contributed by atoms with Gasteiger partial charge in [0.05, 0.1) is 29.9 Å². The molecule has 28 heavy (non-hydrogen) atoms. The molecule has 3 aromatic heterocycles. The van der Waals surface area contributed by atoms with Gasteiger partial charge < -0.3 is 9.72 Å². The van der Waals surface area contributed by atoms with Crippen LogP contribution in [0.1, 0.15) is 42.2 Å². The quantitative estimate of drug-likeness (QED) is 0.466. The van der Waals surface area contributed by atoms with E-state index in [2.05, 4.69) is 16.9 Å². The summed E-state index contributed by atoms with van der Waals surface area (Å²) in [5, 5.41) is 2.65. The van der Waals surface area contributed by atoms with Gasteiger partial charge in [0.15, 0.2) is 4.34 Å². The maximum atomic E-state index is 12.6. The predicted molar refractivity (Wildman–Crippen MR) is 113 cm³/mol. The highest BCUT2D eigenvalue weighted by Crippen LogP contribution is 2.36. The van der Waals surface area contributed by atoms with Gasteiger partial charge in [-0.1, -0.05) is 18.7 Å². The monoisotopic (exact) mass is 435 g/mol. The van der Waals surface area contributed by atoms with Gasteiger partial charge in [0.25, 0.3) is 5.56 Å². The minimum absolute atomic E-state index is 0.0326. The number of rotatable bonds is 6. The Kier molecular flexibility index (Phi) is 5.84. The second-order valence-electron chi connectivity index (χ2n) is 6.92. The molecule has 0 aliphatic heterocycles. The summed E-state index contributed by atoms with van der Waals surface area (Å²) < 4.78 is 5.80. The minimum Gasteiger partial charge on any atom is -0.466 e. The van der Waals surface area contributed by atoms with Crippen molar-refractivity contribution in [1.29, 1.82) is 0 Å². The smallest absolute Gasteiger partial charge is 0.311 e. The highest BCUT2D eigenvalue weighted by Gasteiger charge is 2.23. The van der Waals surface area contributed by atoms with Crippen molar-refractivity contribution in [2.45, 2.75) is 49.6 Å². The third kappa shape index (κ3) is 4.16. The lowest BCUT2D eigenvalue weighted by molar-refractivity contribution is -0.142. The maximum absolute atomic E-state index is 12.6.